The molecule has 0 aliphatic heterocycles. The Kier molecular flexibility index (Phi) is 3.98. The first-order chi connectivity index (χ1) is 9.15. The smallest absolute Gasteiger partial charge is 0.355 e. The van der Waals surface area contributed by atoms with Crippen LogP contribution in [0.3, 0.4) is 0 Å². The molecule has 0 atom stereocenters. The van der Waals surface area contributed by atoms with Crippen LogP contribution in [0.4, 0.5) is 10.5 Å². The molecule has 0 fully saturated rings. The molecule has 0 aromatic carbocycles. The Morgan fingerprint density at radius 2 is 2.05 bits per heavy atom. The molecular formula is C10H9N5O3S. The fourth-order valence-corrected chi connectivity index (χ4v) is 1.89. The molecule has 3 N–H and O–H groups in total. The van der Waals surface area contributed by atoms with Crippen molar-refractivity contribution in [3.05, 3.63) is 34.8 Å². The van der Waals surface area contributed by atoms with Gasteiger partial charge in [-0.15, -0.1) is 11.3 Å². The summed E-state index contributed by atoms with van der Waals surface area (Å²) < 4.78 is 0. The van der Waals surface area contributed by atoms with Crippen LogP contribution >= 0.6 is 11.3 Å². The monoisotopic (exact) mass is 279 g/mol. The number of carbonyl (C=O) groups excluding carboxylic acids is 1. The third kappa shape index (κ3) is 3.71. The zero-order chi connectivity index (χ0) is 13.7. The van der Waals surface area contributed by atoms with E-state index in [2.05, 4.69) is 25.6 Å². The maximum absolute atomic E-state index is 11.5. The number of anilines is 1. The summed E-state index contributed by atoms with van der Waals surface area (Å²) in [4.78, 5) is 33.5. The molecule has 2 rings (SSSR count). The zero-order valence-electron chi connectivity index (χ0n) is 9.53. The standard InChI is InChI=1S/C10H9N5O3S/c16-9(17)7-4-19-8(15-7)3-13-10(18)14-6-1-11-5-12-2-6/h1-2,4-5H,3H2,(H,16,17)(H2,13,14,18). The lowest BCUT2D eigenvalue weighted by molar-refractivity contribution is 0.0691. The largest absolute Gasteiger partial charge is 0.476 e. The Hall–Kier alpha value is -2.55. The van der Waals surface area contributed by atoms with Gasteiger partial charge in [0.05, 0.1) is 24.6 Å². The number of aromatic nitrogens is 3. The molecule has 0 radical (unpaired) electrons. The van der Waals surface area contributed by atoms with Crippen LogP contribution in [0, 0.1) is 0 Å². The molecule has 8 nitrogen and oxygen atoms in total. The number of hydrogen-bond donors (Lipinski definition) is 3. The van der Waals surface area contributed by atoms with Gasteiger partial charge in [-0.25, -0.2) is 24.5 Å². The van der Waals surface area contributed by atoms with E-state index in [9.17, 15) is 9.59 Å². The third-order valence-corrected chi connectivity index (χ3v) is 2.84. The van der Waals surface area contributed by atoms with Gasteiger partial charge in [-0.2, -0.15) is 0 Å². The molecule has 2 amide bonds. The van der Waals surface area contributed by atoms with Crippen LogP contribution in [0.2, 0.25) is 0 Å². The maximum Gasteiger partial charge on any atom is 0.355 e. The number of nitrogens with one attached hydrogen (secondary N) is 2. The Labute approximate surface area is 111 Å². The Morgan fingerprint density at radius 3 is 2.68 bits per heavy atom. The van der Waals surface area contributed by atoms with Gasteiger partial charge in [-0.05, 0) is 0 Å². The predicted molar refractivity (Wildman–Crippen MR) is 67.0 cm³/mol. The molecule has 0 bridgehead atoms. The predicted octanol–water partition coefficient (Wildman–Crippen LogP) is 0.953. The van der Waals surface area contributed by atoms with E-state index >= 15 is 0 Å². The molecule has 0 aliphatic carbocycles. The lowest BCUT2D eigenvalue weighted by atomic mass is 10.5. The second-order valence-corrected chi connectivity index (χ2v) is 4.31. The normalized spacial score (nSPS) is 9.89. The average molecular weight is 279 g/mol. The topological polar surface area (TPSA) is 117 Å². The van der Waals surface area contributed by atoms with Gasteiger partial charge in [0, 0.05) is 5.38 Å². The second-order valence-electron chi connectivity index (χ2n) is 3.37. The number of urea groups is 1. The number of hydrogen-bond acceptors (Lipinski definition) is 6. The fraction of sp³-hybridized carbons (Fsp3) is 0.100. The number of amides is 2. The number of aromatic carboxylic acids is 1. The number of rotatable bonds is 4. The summed E-state index contributed by atoms with van der Waals surface area (Å²) >= 11 is 1.17. The second kappa shape index (κ2) is 5.87. The number of carbonyl (C=O) groups is 2. The Balaban J connectivity index is 1.84. The highest BCUT2D eigenvalue weighted by Crippen LogP contribution is 2.09. The first kappa shape index (κ1) is 12.9. The van der Waals surface area contributed by atoms with Gasteiger partial charge in [0.1, 0.15) is 11.3 Å². The van der Waals surface area contributed by atoms with Crippen molar-refractivity contribution in [2.24, 2.45) is 0 Å². The van der Waals surface area contributed by atoms with Crippen LogP contribution in [-0.2, 0) is 6.54 Å². The minimum Gasteiger partial charge on any atom is -0.476 e. The summed E-state index contributed by atoms with van der Waals surface area (Å²) in [5.41, 5.74) is 0.434. The van der Waals surface area contributed by atoms with Gasteiger partial charge >= 0.3 is 12.0 Å². The van der Waals surface area contributed by atoms with E-state index in [0.29, 0.717) is 10.7 Å². The van der Waals surface area contributed by atoms with Gasteiger partial charge < -0.3 is 15.7 Å². The first-order valence-corrected chi connectivity index (χ1v) is 6.00. The van der Waals surface area contributed by atoms with Crippen LogP contribution < -0.4 is 10.6 Å². The maximum atomic E-state index is 11.5. The minimum absolute atomic E-state index is 0.0290. The molecule has 0 aliphatic rings. The fourth-order valence-electron chi connectivity index (χ4n) is 1.19. The minimum atomic E-state index is -1.09. The summed E-state index contributed by atoms with van der Waals surface area (Å²) in [6.45, 7) is 0.150. The molecule has 98 valence electrons. The van der Waals surface area contributed by atoms with E-state index in [-0.39, 0.29) is 12.2 Å². The SMILES string of the molecule is O=C(NCc1nc(C(=O)O)cs1)Nc1cncnc1. The van der Waals surface area contributed by atoms with Crippen molar-refractivity contribution in [3.63, 3.8) is 0 Å². The van der Waals surface area contributed by atoms with E-state index < -0.39 is 12.0 Å². The van der Waals surface area contributed by atoms with Crippen molar-refractivity contribution in [3.8, 4) is 0 Å². The molecule has 0 unspecified atom stereocenters. The summed E-state index contributed by atoms with van der Waals surface area (Å²) in [5.74, 6) is -1.09. The number of carboxylic acid groups (broad SMARTS) is 1. The van der Waals surface area contributed by atoms with Crippen molar-refractivity contribution in [1.29, 1.82) is 0 Å². The summed E-state index contributed by atoms with van der Waals surface area (Å²) in [6.07, 6.45) is 4.27. The van der Waals surface area contributed by atoms with Crippen molar-refractivity contribution < 1.29 is 14.7 Å². The van der Waals surface area contributed by atoms with Crippen LogP contribution in [0.15, 0.2) is 24.1 Å². The van der Waals surface area contributed by atoms with Gasteiger partial charge in [0.2, 0.25) is 0 Å². The summed E-state index contributed by atoms with van der Waals surface area (Å²) in [7, 11) is 0. The van der Waals surface area contributed by atoms with Crippen molar-refractivity contribution in [2.75, 3.05) is 5.32 Å². The molecule has 19 heavy (non-hydrogen) atoms. The Morgan fingerprint density at radius 1 is 1.32 bits per heavy atom. The van der Waals surface area contributed by atoms with Gasteiger partial charge in [-0.3, -0.25) is 0 Å². The lowest BCUT2D eigenvalue weighted by Gasteiger charge is -2.04. The number of nitrogens with zero attached hydrogens (tertiary/aromatic N) is 3. The van der Waals surface area contributed by atoms with E-state index in [0.717, 1.165) is 0 Å². The average Bonchev–Trinajstić information content (AvgIpc) is 2.86. The molecule has 9 heteroatoms. The number of carboxylic acids is 1. The van der Waals surface area contributed by atoms with E-state index in [1.165, 1.54) is 35.4 Å². The molecule has 2 aromatic rings. The lowest BCUT2D eigenvalue weighted by Crippen LogP contribution is -2.28. The van der Waals surface area contributed by atoms with Gasteiger partial charge in [-0.1, -0.05) is 0 Å². The van der Waals surface area contributed by atoms with Crippen LogP contribution in [0.5, 0.6) is 0 Å². The van der Waals surface area contributed by atoms with E-state index in [1.807, 2.05) is 0 Å². The highest BCUT2D eigenvalue weighted by atomic mass is 32.1. The number of thiazole rings is 1. The van der Waals surface area contributed by atoms with Crippen LogP contribution in [0.1, 0.15) is 15.5 Å². The van der Waals surface area contributed by atoms with Gasteiger partial charge in [0.25, 0.3) is 0 Å². The van der Waals surface area contributed by atoms with Crippen LogP contribution in [0.25, 0.3) is 0 Å². The Bertz CT molecular complexity index is 586. The molecule has 0 spiro atoms. The van der Waals surface area contributed by atoms with Gasteiger partial charge in [0.15, 0.2) is 5.69 Å². The molecule has 0 saturated carbocycles. The summed E-state index contributed by atoms with van der Waals surface area (Å²) in [5, 5.41) is 15.7. The van der Waals surface area contributed by atoms with Crippen molar-refractivity contribution in [1.82, 2.24) is 20.3 Å². The quantitative estimate of drug-likeness (QED) is 0.767. The van der Waals surface area contributed by atoms with Crippen molar-refractivity contribution in [2.45, 2.75) is 6.54 Å². The van der Waals surface area contributed by atoms with Crippen LogP contribution in [-0.4, -0.2) is 32.1 Å². The molecular weight excluding hydrogens is 270 g/mol. The molecule has 0 saturated heterocycles. The third-order valence-electron chi connectivity index (χ3n) is 1.99. The zero-order valence-corrected chi connectivity index (χ0v) is 10.3. The van der Waals surface area contributed by atoms with E-state index in [1.54, 1.807) is 0 Å². The first-order valence-electron chi connectivity index (χ1n) is 5.12. The highest BCUT2D eigenvalue weighted by molar-refractivity contribution is 7.09. The molecule has 2 heterocycles. The highest BCUT2D eigenvalue weighted by Gasteiger charge is 2.09. The van der Waals surface area contributed by atoms with Crippen molar-refractivity contribution >= 4 is 29.0 Å². The summed E-state index contributed by atoms with van der Waals surface area (Å²) in [6, 6.07) is -0.443. The molecule has 2 aromatic heterocycles. The van der Waals surface area contributed by atoms with E-state index in [4.69, 9.17) is 5.11 Å².